The molecule has 24 heavy (non-hydrogen) atoms. The van der Waals surface area contributed by atoms with Gasteiger partial charge in [-0.15, -0.1) is 0 Å². The van der Waals surface area contributed by atoms with Crippen LogP contribution in [0.25, 0.3) is 0 Å². The van der Waals surface area contributed by atoms with Gasteiger partial charge in [-0.05, 0) is 29.8 Å². The highest BCUT2D eigenvalue weighted by Crippen LogP contribution is 2.22. The van der Waals surface area contributed by atoms with Gasteiger partial charge in [0.25, 0.3) is 5.91 Å². The van der Waals surface area contributed by atoms with Crippen LogP contribution in [-0.2, 0) is 11.3 Å². The molecule has 0 radical (unpaired) electrons. The van der Waals surface area contributed by atoms with Gasteiger partial charge in [0.15, 0.2) is 0 Å². The van der Waals surface area contributed by atoms with Crippen molar-refractivity contribution in [3.05, 3.63) is 60.2 Å². The van der Waals surface area contributed by atoms with Gasteiger partial charge in [-0.25, -0.2) is 9.69 Å². The molecule has 3 rings (SSSR count). The van der Waals surface area contributed by atoms with Gasteiger partial charge < -0.3 is 15.4 Å². The van der Waals surface area contributed by atoms with Crippen LogP contribution in [0.4, 0.5) is 10.5 Å². The Morgan fingerprint density at radius 1 is 1.08 bits per heavy atom. The monoisotopic (exact) mass is 325 g/mol. The second-order valence-corrected chi connectivity index (χ2v) is 5.49. The summed E-state index contributed by atoms with van der Waals surface area (Å²) in [5.74, 6) is 0.414. The molecule has 1 atom stereocenters. The maximum atomic E-state index is 12.5. The van der Waals surface area contributed by atoms with E-state index in [0.29, 0.717) is 24.5 Å². The zero-order chi connectivity index (χ0) is 16.9. The van der Waals surface area contributed by atoms with Crippen LogP contribution in [-0.4, -0.2) is 31.6 Å². The van der Waals surface area contributed by atoms with E-state index in [9.17, 15) is 9.59 Å². The van der Waals surface area contributed by atoms with Gasteiger partial charge >= 0.3 is 6.03 Å². The molecule has 2 aromatic carbocycles. The van der Waals surface area contributed by atoms with E-state index in [4.69, 9.17) is 4.74 Å². The number of methoxy groups -OCH3 is 1. The Morgan fingerprint density at radius 3 is 2.46 bits per heavy atom. The molecule has 1 heterocycles. The number of rotatable bonds is 6. The Morgan fingerprint density at radius 2 is 1.79 bits per heavy atom. The second-order valence-electron chi connectivity index (χ2n) is 5.49. The summed E-state index contributed by atoms with van der Waals surface area (Å²) in [6.07, 6.45) is 0. The van der Waals surface area contributed by atoms with Crippen LogP contribution in [0.3, 0.4) is 0 Å². The second kappa shape index (κ2) is 7.14. The Labute approximate surface area is 140 Å². The fourth-order valence-electron chi connectivity index (χ4n) is 2.60. The Balaban J connectivity index is 1.61. The first kappa shape index (κ1) is 16.0. The van der Waals surface area contributed by atoms with E-state index >= 15 is 0 Å². The number of nitrogens with one attached hydrogen (secondary N) is 2. The molecule has 0 bridgehead atoms. The number of carbonyl (C=O) groups excluding carboxylic acids is 2. The molecule has 6 heteroatoms. The van der Waals surface area contributed by atoms with Gasteiger partial charge in [0.05, 0.1) is 12.8 Å². The van der Waals surface area contributed by atoms with Crippen molar-refractivity contribution in [3.8, 4) is 5.75 Å². The number of benzene rings is 2. The van der Waals surface area contributed by atoms with E-state index in [1.54, 1.807) is 31.4 Å². The smallest absolute Gasteiger partial charge is 0.329 e. The van der Waals surface area contributed by atoms with Gasteiger partial charge in [-0.3, -0.25) is 4.79 Å². The maximum absolute atomic E-state index is 12.5. The quantitative estimate of drug-likeness (QED) is 0.796. The van der Waals surface area contributed by atoms with Crippen molar-refractivity contribution >= 4 is 17.6 Å². The van der Waals surface area contributed by atoms with Crippen molar-refractivity contribution < 1.29 is 14.3 Å². The van der Waals surface area contributed by atoms with Crippen LogP contribution < -0.4 is 20.3 Å². The summed E-state index contributed by atoms with van der Waals surface area (Å²) in [7, 11) is 1.57. The summed E-state index contributed by atoms with van der Waals surface area (Å²) in [6.45, 7) is 1.02. The summed E-state index contributed by atoms with van der Waals surface area (Å²) >= 11 is 0. The number of amides is 3. The molecule has 0 spiro atoms. The highest BCUT2D eigenvalue weighted by atomic mass is 16.5. The molecular weight excluding hydrogens is 306 g/mol. The molecule has 0 aromatic heterocycles. The number of hydrogen-bond acceptors (Lipinski definition) is 4. The highest BCUT2D eigenvalue weighted by Gasteiger charge is 2.38. The van der Waals surface area contributed by atoms with Gasteiger partial charge in [-0.1, -0.05) is 30.3 Å². The lowest BCUT2D eigenvalue weighted by Crippen LogP contribution is -2.39. The van der Waals surface area contributed by atoms with Crippen LogP contribution in [0, 0.1) is 0 Å². The molecule has 2 aromatic rings. The first-order chi connectivity index (χ1) is 11.7. The summed E-state index contributed by atoms with van der Waals surface area (Å²) < 4.78 is 5.09. The molecule has 1 fully saturated rings. The number of anilines is 1. The fourth-order valence-corrected chi connectivity index (χ4v) is 2.60. The highest BCUT2D eigenvalue weighted by molar-refractivity contribution is 6.21. The molecule has 1 aliphatic heterocycles. The molecule has 1 unspecified atom stereocenters. The molecule has 0 saturated carbocycles. The molecule has 0 aliphatic carbocycles. The van der Waals surface area contributed by atoms with Crippen molar-refractivity contribution in [1.29, 1.82) is 0 Å². The average molecular weight is 325 g/mol. The van der Waals surface area contributed by atoms with Crippen LogP contribution >= 0.6 is 0 Å². The number of carbonyl (C=O) groups is 2. The molecule has 2 N–H and O–H groups in total. The number of urea groups is 1. The van der Waals surface area contributed by atoms with E-state index in [2.05, 4.69) is 10.6 Å². The largest absolute Gasteiger partial charge is 0.497 e. The predicted molar refractivity (Wildman–Crippen MR) is 90.9 cm³/mol. The third-order valence-corrected chi connectivity index (χ3v) is 3.87. The van der Waals surface area contributed by atoms with Crippen molar-refractivity contribution in [2.75, 3.05) is 18.6 Å². The summed E-state index contributed by atoms with van der Waals surface area (Å²) in [4.78, 5) is 25.8. The van der Waals surface area contributed by atoms with E-state index in [1.807, 2.05) is 30.3 Å². The number of ether oxygens (including phenoxy) is 1. The standard InChI is InChI=1S/C18H19N3O3/c1-24-15-9-7-14(8-10-15)21-17(22)16(20-18(21)23)12-19-11-13-5-3-2-4-6-13/h2-10,16,19H,11-12H2,1H3,(H,20,23). The normalized spacial score (nSPS) is 17.0. The minimum Gasteiger partial charge on any atom is -0.497 e. The lowest BCUT2D eigenvalue weighted by atomic mass is 10.2. The lowest BCUT2D eigenvalue weighted by molar-refractivity contribution is -0.118. The molecule has 1 aliphatic rings. The van der Waals surface area contributed by atoms with Crippen molar-refractivity contribution in [2.45, 2.75) is 12.6 Å². The van der Waals surface area contributed by atoms with E-state index in [-0.39, 0.29) is 5.91 Å². The van der Waals surface area contributed by atoms with E-state index in [1.165, 1.54) is 0 Å². The molecule has 1 saturated heterocycles. The summed E-state index contributed by atoms with van der Waals surface area (Å²) in [5.41, 5.74) is 1.66. The third-order valence-electron chi connectivity index (χ3n) is 3.87. The lowest BCUT2D eigenvalue weighted by Gasteiger charge is -2.14. The van der Waals surface area contributed by atoms with Gasteiger partial charge in [0, 0.05) is 13.1 Å². The third kappa shape index (κ3) is 3.38. The zero-order valence-corrected chi connectivity index (χ0v) is 13.4. The number of hydrogen-bond donors (Lipinski definition) is 2. The summed E-state index contributed by atoms with van der Waals surface area (Å²) in [6, 6.07) is 15.7. The Hall–Kier alpha value is -2.86. The predicted octanol–water partition coefficient (Wildman–Crippen LogP) is 1.91. The Kier molecular flexibility index (Phi) is 4.77. The average Bonchev–Trinajstić information content (AvgIpc) is 2.90. The van der Waals surface area contributed by atoms with Crippen molar-refractivity contribution in [1.82, 2.24) is 10.6 Å². The fraction of sp³-hybridized carbons (Fsp3) is 0.222. The number of nitrogens with zero attached hydrogens (tertiary/aromatic N) is 1. The van der Waals surface area contributed by atoms with E-state index in [0.717, 1.165) is 10.5 Å². The number of imide groups is 1. The molecule has 3 amide bonds. The zero-order valence-electron chi connectivity index (χ0n) is 13.4. The topological polar surface area (TPSA) is 70.7 Å². The Bertz CT molecular complexity index is 716. The van der Waals surface area contributed by atoms with Gasteiger partial charge in [-0.2, -0.15) is 0 Å². The minimum absolute atomic E-state index is 0.259. The van der Waals surface area contributed by atoms with Crippen molar-refractivity contribution in [3.63, 3.8) is 0 Å². The molecular formula is C18H19N3O3. The van der Waals surface area contributed by atoms with Crippen LogP contribution in [0.1, 0.15) is 5.56 Å². The molecule has 6 nitrogen and oxygen atoms in total. The van der Waals surface area contributed by atoms with Crippen LogP contribution in [0.15, 0.2) is 54.6 Å². The van der Waals surface area contributed by atoms with Crippen molar-refractivity contribution in [2.24, 2.45) is 0 Å². The van der Waals surface area contributed by atoms with Gasteiger partial charge in [0.2, 0.25) is 0 Å². The first-order valence-corrected chi connectivity index (χ1v) is 7.72. The maximum Gasteiger partial charge on any atom is 0.329 e. The van der Waals surface area contributed by atoms with Crippen LogP contribution in [0.2, 0.25) is 0 Å². The van der Waals surface area contributed by atoms with E-state index < -0.39 is 12.1 Å². The van der Waals surface area contributed by atoms with Crippen LogP contribution in [0.5, 0.6) is 5.75 Å². The minimum atomic E-state index is -0.566. The summed E-state index contributed by atoms with van der Waals surface area (Å²) in [5, 5.41) is 5.91. The SMILES string of the molecule is COc1ccc(N2C(=O)NC(CNCc3ccccc3)C2=O)cc1. The van der Waals surface area contributed by atoms with Gasteiger partial charge in [0.1, 0.15) is 11.8 Å². The first-order valence-electron chi connectivity index (χ1n) is 7.72. The molecule has 124 valence electrons.